The zero-order valence-corrected chi connectivity index (χ0v) is 21.7. The van der Waals surface area contributed by atoms with E-state index in [1.54, 1.807) is 26.0 Å². The predicted octanol–water partition coefficient (Wildman–Crippen LogP) is 4.12. The predicted molar refractivity (Wildman–Crippen MR) is 134 cm³/mol. The van der Waals surface area contributed by atoms with Gasteiger partial charge in [-0.1, -0.05) is 19.9 Å². The lowest BCUT2D eigenvalue weighted by Crippen LogP contribution is -2.44. The van der Waals surface area contributed by atoms with Crippen molar-refractivity contribution in [1.82, 2.24) is 10.1 Å². The minimum absolute atomic E-state index is 0.105. The molecule has 0 aliphatic carbocycles. The summed E-state index contributed by atoms with van der Waals surface area (Å²) in [5.74, 6) is -2.24. The molecule has 8 nitrogen and oxygen atoms in total. The van der Waals surface area contributed by atoms with Crippen molar-refractivity contribution in [1.29, 1.82) is 0 Å². The van der Waals surface area contributed by atoms with Crippen molar-refractivity contribution in [2.75, 3.05) is 26.9 Å². The van der Waals surface area contributed by atoms with Gasteiger partial charge in [0.1, 0.15) is 23.4 Å². The van der Waals surface area contributed by atoms with Crippen molar-refractivity contribution in [3.05, 3.63) is 86.4 Å². The number of nitrogens with one attached hydrogen (secondary N) is 1. The number of methoxy groups -OCH3 is 1. The van der Waals surface area contributed by atoms with E-state index < -0.39 is 40.3 Å². The van der Waals surface area contributed by atoms with Gasteiger partial charge in [-0.05, 0) is 54.3 Å². The molecule has 1 N–H and O–H groups in total. The van der Waals surface area contributed by atoms with Gasteiger partial charge in [0, 0.05) is 31.1 Å². The van der Waals surface area contributed by atoms with Crippen LogP contribution in [0.4, 0.5) is 8.78 Å². The van der Waals surface area contributed by atoms with E-state index in [0.29, 0.717) is 24.3 Å². The molecule has 0 saturated carbocycles. The van der Waals surface area contributed by atoms with E-state index in [0.717, 1.165) is 23.8 Å². The number of fused-ring (bicyclic) bond motifs is 1. The van der Waals surface area contributed by atoms with Crippen LogP contribution in [-0.2, 0) is 27.8 Å². The largest absolute Gasteiger partial charge is 0.494 e. The Morgan fingerprint density at radius 2 is 1.87 bits per heavy atom. The minimum Gasteiger partial charge on any atom is -0.494 e. The van der Waals surface area contributed by atoms with Gasteiger partial charge in [0.25, 0.3) is 11.5 Å². The monoisotopic (exact) mass is 528 g/mol. The maximum Gasteiger partial charge on any atom is 0.293 e. The van der Waals surface area contributed by atoms with Gasteiger partial charge < -0.3 is 18.9 Å². The van der Waals surface area contributed by atoms with Gasteiger partial charge in [0.05, 0.1) is 19.3 Å². The first-order chi connectivity index (χ1) is 18.1. The Bertz CT molecular complexity index is 1390. The zero-order valence-electron chi connectivity index (χ0n) is 21.7. The maximum absolute atomic E-state index is 15.1. The Balaban J connectivity index is 1.70. The van der Waals surface area contributed by atoms with Crippen LogP contribution in [0.1, 0.15) is 59.6 Å². The van der Waals surface area contributed by atoms with Gasteiger partial charge in [-0.3, -0.25) is 14.4 Å². The first kappa shape index (κ1) is 27.3. The van der Waals surface area contributed by atoms with Crippen molar-refractivity contribution >= 4 is 11.7 Å². The lowest BCUT2D eigenvalue weighted by molar-refractivity contribution is -0.123. The normalized spacial score (nSPS) is 15.3. The van der Waals surface area contributed by atoms with Crippen LogP contribution in [0.2, 0.25) is 0 Å². The number of hydrogen-bond donors (Lipinski definition) is 1. The number of ether oxygens (including phenoxy) is 2. The number of rotatable bonds is 9. The fourth-order valence-electron chi connectivity index (χ4n) is 5.06. The van der Waals surface area contributed by atoms with E-state index >= 15 is 8.78 Å². The number of ketones is 1. The van der Waals surface area contributed by atoms with Gasteiger partial charge in [0.2, 0.25) is 5.76 Å². The Morgan fingerprint density at radius 3 is 2.47 bits per heavy atom. The van der Waals surface area contributed by atoms with E-state index in [1.165, 1.54) is 12.0 Å². The highest BCUT2D eigenvalue weighted by atomic mass is 19.1. The summed E-state index contributed by atoms with van der Waals surface area (Å²) in [7, 11) is 1.45. The second-order valence-corrected chi connectivity index (χ2v) is 9.92. The molecule has 1 aliphatic rings. The summed E-state index contributed by atoms with van der Waals surface area (Å²) in [6.45, 7) is 5.93. The molecule has 1 amide bonds. The number of aromatic nitrogens is 1. The van der Waals surface area contributed by atoms with Crippen LogP contribution in [0.3, 0.4) is 0 Å². The summed E-state index contributed by atoms with van der Waals surface area (Å²) in [4.78, 5) is 39.8. The molecule has 0 fully saturated rings. The fraction of sp³-hybridized carbons (Fsp3) is 0.393. The Labute approximate surface area is 218 Å². The quantitative estimate of drug-likeness (QED) is 0.448. The van der Waals surface area contributed by atoms with E-state index in [9.17, 15) is 14.4 Å². The number of nitrogens with zero attached hydrogens (tertiary/aromatic N) is 1. The molecule has 2 heterocycles. The molecule has 202 valence electrons. The molecule has 0 radical (unpaired) electrons. The Morgan fingerprint density at radius 1 is 1.16 bits per heavy atom. The summed E-state index contributed by atoms with van der Waals surface area (Å²) in [6, 6.07) is 7.50. The van der Waals surface area contributed by atoms with Gasteiger partial charge in [-0.2, -0.15) is 5.16 Å². The van der Waals surface area contributed by atoms with E-state index in [4.69, 9.17) is 14.0 Å². The first-order valence-electron chi connectivity index (χ1n) is 12.3. The number of carbonyl (C=O) groups excluding carboxylic acids is 2. The number of Topliss-reactive ketones (excluding diaryl/α,β-unsaturated/α-hetero) is 1. The van der Waals surface area contributed by atoms with Crippen LogP contribution in [0.5, 0.6) is 5.75 Å². The van der Waals surface area contributed by atoms with Crippen LogP contribution in [0.15, 0.2) is 45.7 Å². The second kappa shape index (κ2) is 10.9. The molecule has 1 aliphatic heterocycles. The lowest BCUT2D eigenvalue weighted by atomic mass is 9.83. The topological polar surface area (TPSA) is 102 Å². The Kier molecular flexibility index (Phi) is 7.82. The molecule has 1 atom stereocenters. The first-order valence-corrected chi connectivity index (χ1v) is 12.3. The molecule has 38 heavy (non-hydrogen) atoms. The second-order valence-electron chi connectivity index (χ2n) is 9.92. The van der Waals surface area contributed by atoms with Crippen molar-refractivity contribution in [3.8, 4) is 5.75 Å². The van der Waals surface area contributed by atoms with Gasteiger partial charge in [-0.15, -0.1) is 0 Å². The van der Waals surface area contributed by atoms with Crippen molar-refractivity contribution in [2.24, 2.45) is 0 Å². The molecule has 3 aromatic rings. The van der Waals surface area contributed by atoms with Crippen LogP contribution in [0.25, 0.3) is 0 Å². The van der Waals surface area contributed by atoms with Gasteiger partial charge in [-0.25, -0.2) is 8.78 Å². The van der Waals surface area contributed by atoms with E-state index in [1.807, 2.05) is 13.0 Å². The maximum atomic E-state index is 15.1. The third-order valence-corrected chi connectivity index (χ3v) is 6.62. The van der Waals surface area contributed by atoms with Crippen LogP contribution in [-0.4, -0.2) is 48.6 Å². The molecule has 0 saturated heterocycles. The SMILES string of the molecule is CCOc1ccc2c(c1)CCN(C(=O)c1cc(=O)[nH]o1)[C@H]2C(=O)Cc1cc(F)c(C(C)(C)COC)c(F)c1. The number of halogens is 2. The molecule has 0 bridgehead atoms. The van der Waals surface area contributed by atoms with Crippen LogP contribution in [0, 0.1) is 11.6 Å². The summed E-state index contributed by atoms with van der Waals surface area (Å²) in [5.41, 5.74) is -0.0904. The average molecular weight is 529 g/mol. The van der Waals surface area contributed by atoms with Crippen LogP contribution < -0.4 is 10.3 Å². The van der Waals surface area contributed by atoms with Crippen molar-refractivity contribution < 1.29 is 32.4 Å². The third-order valence-electron chi connectivity index (χ3n) is 6.62. The fourth-order valence-corrected chi connectivity index (χ4v) is 5.06. The number of H-pyrrole nitrogens is 1. The number of hydrogen-bond acceptors (Lipinski definition) is 6. The molecular weight excluding hydrogens is 498 g/mol. The highest BCUT2D eigenvalue weighted by molar-refractivity contribution is 5.97. The molecule has 0 spiro atoms. The molecule has 10 heteroatoms. The third kappa shape index (κ3) is 5.40. The smallest absolute Gasteiger partial charge is 0.293 e. The Hall–Kier alpha value is -3.79. The number of aromatic amines is 1. The summed E-state index contributed by atoms with van der Waals surface area (Å²) < 4.78 is 45.8. The van der Waals surface area contributed by atoms with Crippen LogP contribution >= 0.6 is 0 Å². The average Bonchev–Trinajstić information content (AvgIpc) is 3.28. The highest BCUT2D eigenvalue weighted by Crippen LogP contribution is 2.35. The number of carbonyl (C=O) groups is 2. The van der Waals surface area contributed by atoms with Crippen molar-refractivity contribution in [2.45, 2.75) is 45.1 Å². The summed E-state index contributed by atoms with van der Waals surface area (Å²) in [5, 5.41) is 2.08. The van der Waals surface area contributed by atoms with E-state index in [2.05, 4.69) is 5.16 Å². The molecule has 2 aromatic carbocycles. The standard InChI is InChI=1S/C28H30F2N2O6/c1-5-37-18-6-7-19-17(13-18)8-9-32(27(35)23-14-24(34)31-38-23)26(19)22(33)12-16-10-20(29)25(21(30)11-16)28(2,3)15-36-4/h6-7,10-11,13-14,26H,5,8-9,12,15H2,1-4H3,(H,31,34)/t26-/m1/s1. The van der Waals surface area contributed by atoms with E-state index in [-0.39, 0.29) is 36.5 Å². The lowest BCUT2D eigenvalue weighted by Gasteiger charge is -2.36. The molecular formula is C28H30F2N2O6. The molecule has 4 rings (SSSR count). The summed E-state index contributed by atoms with van der Waals surface area (Å²) >= 11 is 0. The molecule has 0 unspecified atom stereocenters. The van der Waals surface area contributed by atoms with Gasteiger partial charge in [0.15, 0.2) is 5.78 Å². The highest BCUT2D eigenvalue weighted by Gasteiger charge is 2.38. The van der Waals surface area contributed by atoms with Gasteiger partial charge >= 0.3 is 0 Å². The number of amides is 1. The zero-order chi connectivity index (χ0) is 27.6. The van der Waals surface area contributed by atoms with Crippen molar-refractivity contribution in [3.63, 3.8) is 0 Å². The number of benzene rings is 2. The summed E-state index contributed by atoms with van der Waals surface area (Å²) in [6.07, 6.45) is 0.115. The molecule has 1 aromatic heterocycles. The minimum atomic E-state index is -1.06.